The van der Waals surface area contributed by atoms with Crippen molar-refractivity contribution in [3.8, 4) is 0 Å². The second-order valence-electron chi connectivity index (χ2n) is 8.67. The molecule has 0 heterocycles. The summed E-state index contributed by atoms with van der Waals surface area (Å²) >= 11 is 0. The number of aliphatic imine (C=N–C) groups is 1. The summed E-state index contributed by atoms with van der Waals surface area (Å²) in [4.78, 5) is 53.1. The van der Waals surface area contributed by atoms with Crippen molar-refractivity contribution in [2.24, 2.45) is 33.8 Å². The number of carbonyl (C=O) groups is 4. The van der Waals surface area contributed by atoms with Crippen molar-refractivity contribution in [3.05, 3.63) is 0 Å². The van der Waals surface area contributed by atoms with Crippen molar-refractivity contribution >= 4 is 29.7 Å². The summed E-state index contributed by atoms with van der Waals surface area (Å²) in [5.74, 6) is -3.44. The number of nitrogens with zero attached hydrogens (tertiary/aromatic N) is 1. The molecule has 0 bridgehead atoms. The SMILES string of the molecule is CC(C)CC(NC(=O)C(CO)NC(=O)C(N)CCCN=C(N)N)C(=O)NC(CCCCN)C(=O)O. The summed E-state index contributed by atoms with van der Waals surface area (Å²) in [5, 5.41) is 26.3. The summed E-state index contributed by atoms with van der Waals surface area (Å²) in [6, 6.07) is -4.52. The average molecular weight is 503 g/mol. The standard InChI is InChI=1S/C21H42N8O6/c1-12(2)10-15(18(32)27-14(20(34)35)7-3-4-8-22)28-19(33)16(11-30)29-17(31)13(23)6-5-9-26-21(24)25/h12-16,30H,3-11,22-23H2,1-2H3,(H,27,32)(H,28,33)(H,29,31)(H,34,35)(H4,24,25,26). The smallest absolute Gasteiger partial charge is 0.326 e. The number of aliphatic hydroxyl groups excluding tert-OH is 1. The van der Waals surface area contributed by atoms with Gasteiger partial charge in [-0.05, 0) is 51.0 Å². The minimum atomic E-state index is -1.35. The van der Waals surface area contributed by atoms with Crippen LogP contribution >= 0.6 is 0 Å². The molecule has 3 amide bonds. The number of carbonyl (C=O) groups excluding carboxylic acids is 3. The van der Waals surface area contributed by atoms with Crippen molar-refractivity contribution in [1.29, 1.82) is 0 Å². The highest BCUT2D eigenvalue weighted by atomic mass is 16.4. The number of amides is 3. The largest absolute Gasteiger partial charge is 0.480 e. The highest BCUT2D eigenvalue weighted by Gasteiger charge is 2.30. The van der Waals surface area contributed by atoms with Gasteiger partial charge in [0.15, 0.2) is 5.96 Å². The van der Waals surface area contributed by atoms with E-state index in [1.807, 2.05) is 13.8 Å². The highest BCUT2D eigenvalue weighted by Crippen LogP contribution is 2.08. The molecule has 35 heavy (non-hydrogen) atoms. The summed E-state index contributed by atoms with van der Waals surface area (Å²) < 4.78 is 0. The minimum absolute atomic E-state index is 0.0209. The van der Waals surface area contributed by atoms with Gasteiger partial charge in [-0.1, -0.05) is 13.8 Å². The fourth-order valence-electron chi connectivity index (χ4n) is 3.12. The fourth-order valence-corrected chi connectivity index (χ4v) is 3.12. The molecule has 0 spiro atoms. The van der Waals surface area contributed by atoms with E-state index in [1.165, 1.54) is 0 Å². The molecule has 0 aromatic heterocycles. The molecule has 202 valence electrons. The van der Waals surface area contributed by atoms with Gasteiger partial charge in [-0.25, -0.2) is 4.79 Å². The van der Waals surface area contributed by atoms with Crippen LogP contribution in [-0.4, -0.2) is 83.7 Å². The molecule has 13 N–H and O–H groups in total. The van der Waals surface area contributed by atoms with E-state index in [2.05, 4.69) is 20.9 Å². The number of nitrogens with two attached hydrogens (primary N) is 4. The van der Waals surface area contributed by atoms with Crippen LogP contribution in [0.25, 0.3) is 0 Å². The van der Waals surface area contributed by atoms with E-state index in [9.17, 15) is 29.4 Å². The first-order chi connectivity index (χ1) is 16.4. The van der Waals surface area contributed by atoms with Crippen molar-refractivity contribution in [3.63, 3.8) is 0 Å². The van der Waals surface area contributed by atoms with Crippen LogP contribution in [0.3, 0.4) is 0 Å². The Bertz CT molecular complexity index is 714. The van der Waals surface area contributed by atoms with Gasteiger partial charge in [-0.15, -0.1) is 0 Å². The zero-order valence-corrected chi connectivity index (χ0v) is 20.5. The summed E-state index contributed by atoms with van der Waals surface area (Å²) in [5.41, 5.74) is 21.7. The van der Waals surface area contributed by atoms with Crippen molar-refractivity contribution in [2.75, 3.05) is 19.7 Å². The van der Waals surface area contributed by atoms with Crippen molar-refractivity contribution in [1.82, 2.24) is 16.0 Å². The molecular weight excluding hydrogens is 460 g/mol. The van der Waals surface area contributed by atoms with Crippen LogP contribution < -0.4 is 38.9 Å². The summed E-state index contributed by atoms with van der Waals surface area (Å²) in [6.45, 7) is 3.61. The Morgan fingerprint density at radius 3 is 1.94 bits per heavy atom. The van der Waals surface area contributed by atoms with Crippen LogP contribution in [0.4, 0.5) is 0 Å². The van der Waals surface area contributed by atoms with Gasteiger partial charge in [0.2, 0.25) is 17.7 Å². The molecule has 0 saturated heterocycles. The van der Waals surface area contributed by atoms with E-state index < -0.39 is 54.5 Å². The average Bonchev–Trinajstić information content (AvgIpc) is 2.78. The number of hydrogen-bond donors (Lipinski definition) is 9. The molecule has 14 heteroatoms. The summed E-state index contributed by atoms with van der Waals surface area (Å²) in [7, 11) is 0. The Hall–Kier alpha value is -2.97. The van der Waals surface area contributed by atoms with Gasteiger partial charge >= 0.3 is 5.97 Å². The molecule has 0 aliphatic rings. The molecule has 0 fully saturated rings. The van der Waals surface area contributed by atoms with E-state index in [1.54, 1.807) is 0 Å². The Labute approximate surface area is 205 Å². The van der Waals surface area contributed by atoms with Gasteiger partial charge in [0.05, 0.1) is 12.6 Å². The van der Waals surface area contributed by atoms with Crippen LogP contribution in [0.2, 0.25) is 0 Å². The predicted octanol–water partition coefficient (Wildman–Crippen LogP) is -2.93. The number of carboxylic acids is 1. The molecule has 0 aliphatic carbocycles. The second kappa shape index (κ2) is 17.5. The molecule has 0 rings (SSSR count). The Kier molecular flexibility index (Phi) is 16.0. The van der Waals surface area contributed by atoms with E-state index >= 15 is 0 Å². The van der Waals surface area contributed by atoms with E-state index in [0.29, 0.717) is 25.8 Å². The third-order valence-electron chi connectivity index (χ3n) is 5.02. The van der Waals surface area contributed by atoms with Gasteiger partial charge in [-0.3, -0.25) is 19.4 Å². The Balaban J connectivity index is 5.12. The number of aliphatic hydroxyl groups is 1. The number of rotatable bonds is 18. The number of nitrogens with one attached hydrogen (secondary N) is 3. The molecular formula is C21H42N8O6. The normalized spacial score (nSPS) is 14.3. The van der Waals surface area contributed by atoms with E-state index in [0.717, 1.165) is 0 Å². The first-order valence-electron chi connectivity index (χ1n) is 11.7. The lowest BCUT2D eigenvalue weighted by Crippen LogP contribution is -2.58. The first kappa shape index (κ1) is 32.0. The van der Waals surface area contributed by atoms with Gasteiger partial charge < -0.3 is 49.1 Å². The molecule has 0 aliphatic heterocycles. The number of unbranched alkanes of at least 4 members (excludes halogenated alkanes) is 1. The van der Waals surface area contributed by atoms with Gasteiger partial charge in [0, 0.05) is 6.54 Å². The quantitative estimate of drug-likeness (QED) is 0.0523. The first-order valence-corrected chi connectivity index (χ1v) is 11.7. The number of aliphatic carboxylic acids is 1. The van der Waals surface area contributed by atoms with Crippen LogP contribution in [-0.2, 0) is 19.2 Å². The maximum absolute atomic E-state index is 12.8. The monoisotopic (exact) mass is 502 g/mol. The van der Waals surface area contributed by atoms with Crippen LogP contribution in [0, 0.1) is 5.92 Å². The van der Waals surface area contributed by atoms with Gasteiger partial charge in [-0.2, -0.15) is 0 Å². The maximum Gasteiger partial charge on any atom is 0.326 e. The zero-order valence-electron chi connectivity index (χ0n) is 20.5. The summed E-state index contributed by atoms with van der Waals surface area (Å²) in [6.07, 6.45) is 2.19. The van der Waals surface area contributed by atoms with E-state index in [4.69, 9.17) is 22.9 Å². The molecule has 0 aromatic carbocycles. The molecule has 14 nitrogen and oxygen atoms in total. The lowest BCUT2D eigenvalue weighted by molar-refractivity contribution is -0.142. The van der Waals surface area contributed by atoms with Crippen LogP contribution in [0.5, 0.6) is 0 Å². The molecule has 0 aromatic rings. The molecule has 0 radical (unpaired) electrons. The van der Waals surface area contributed by atoms with Gasteiger partial charge in [0.1, 0.15) is 18.1 Å². The zero-order chi connectivity index (χ0) is 27.0. The topological polar surface area (TPSA) is 261 Å². The molecule has 4 unspecified atom stereocenters. The van der Waals surface area contributed by atoms with Crippen molar-refractivity contribution < 1.29 is 29.4 Å². The second-order valence-corrected chi connectivity index (χ2v) is 8.67. The fraction of sp³-hybridized carbons (Fsp3) is 0.762. The highest BCUT2D eigenvalue weighted by molar-refractivity contribution is 5.94. The van der Waals surface area contributed by atoms with Crippen LogP contribution in [0.1, 0.15) is 52.4 Å². The minimum Gasteiger partial charge on any atom is -0.480 e. The third-order valence-corrected chi connectivity index (χ3v) is 5.02. The Morgan fingerprint density at radius 1 is 0.857 bits per heavy atom. The molecule has 4 atom stereocenters. The number of carboxylic acid groups (broad SMARTS) is 1. The third kappa shape index (κ3) is 14.1. The lowest BCUT2D eigenvalue weighted by atomic mass is 10.0. The maximum atomic E-state index is 12.8. The van der Waals surface area contributed by atoms with Gasteiger partial charge in [0.25, 0.3) is 0 Å². The van der Waals surface area contributed by atoms with E-state index in [-0.39, 0.29) is 37.7 Å². The lowest BCUT2D eigenvalue weighted by Gasteiger charge is -2.25. The molecule has 0 saturated carbocycles. The van der Waals surface area contributed by atoms with Crippen LogP contribution in [0.15, 0.2) is 4.99 Å². The van der Waals surface area contributed by atoms with Crippen molar-refractivity contribution in [2.45, 2.75) is 76.5 Å². The predicted molar refractivity (Wildman–Crippen MR) is 131 cm³/mol. The number of hydrogen-bond acceptors (Lipinski definition) is 8. The Morgan fingerprint density at radius 2 is 1.43 bits per heavy atom. The number of guanidine groups is 1.